The van der Waals surface area contributed by atoms with Crippen LogP contribution in [0.2, 0.25) is 0 Å². The molecule has 0 radical (unpaired) electrons. The molecule has 1 amide bonds. The van der Waals surface area contributed by atoms with Gasteiger partial charge in [-0.15, -0.1) is 0 Å². The summed E-state index contributed by atoms with van der Waals surface area (Å²) in [6.45, 7) is 1.12. The number of carbonyl (C=O) groups excluding carboxylic acids is 1. The molecule has 1 atom stereocenters. The molecule has 3 aromatic carbocycles. The van der Waals surface area contributed by atoms with E-state index in [0.29, 0.717) is 24.5 Å². The second kappa shape index (κ2) is 8.30. The van der Waals surface area contributed by atoms with E-state index in [-0.39, 0.29) is 11.7 Å². The van der Waals surface area contributed by atoms with E-state index in [1.165, 1.54) is 12.1 Å². The third-order valence-electron chi connectivity index (χ3n) is 5.76. The summed E-state index contributed by atoms with van der Waals surface area (Å²) in [5.74, 6) is 0.252. The summed E-state index contributed by atoms with van der Waals surface area (Å²) in [5, 5.41) is 3.30. The number of benzene rings is 3. The van der Waals surface area contributed by atoms with Crippen molar-refractivity contribution >= 4 is 17.3 Å². The first-order chi connectivity index (χ1) is 15.7. The first kappa shape index (κ1) is 20.0. The Morgan fingerprint density at radius 3 is 2.41 bits per heavy atom. The lowest BCUT2D eigenvalue weighted by atomic mass is 9.91. The highest BCUT2D eigenvalue weighted by Crippen LogP contribution is 2.43. The van der Waals surface area contributed by atoms with Crippen LogP contribution in [0.4, 0.5) is 10.1 Å². The zero-order chi connectivity index (χ0) is 22.1. The van der Waals surface area contributed by atoms with Gasteiger partial charge < -0.3 is 10.1 Å². The number of nitrogens with zero attached hydrogens (tertiary/aromatic N) is 2. The van der Waals surface area contributed by atoms with Crippen molar-refractivity contribution in [2.24, 2.45) is 4.99 Å². The molecule has 0 spiro atoms. The molecule has 0 fully saturated rings. The Labute approximate surface area is 185 Å². The maximum Gasteiger partial charge on any atom is 0.275 e. The van der Waals surface area contributed by atoms with E-state index < -0.39 is 6.04 Å². The van der Waals surface area contributed by atoms with Crippen LogP contribution in [0.3, 0.4) is 0 Å². The van der Waals surface area contributed by atoms with Crippen LogP contribution >= 0.6 is 0 Å². The van der Waals surface area contributed by atoms with Crippen molar-refractivity contribution in [3.05, 3.63) is 107 Å². The molecule has 0 saturated carbocycles. The van der Waals surface area contributed by atoms with E-state index in [0.717, 1.165) is 28.1 Å². The largest absolute Gasteiger partial charge is 0.497 e. The highest BCUT2D eigenvalue weighted by molar-refractivity contribution is 6.23. The van der Waals surface area contributed by atoms with Crippen molar-refractivity contribution in [3.8, 4) is 5.75 Å². The fraction of sp³-hybridized carbons (Fsp3) is 0.154. The molecular weight excluding hydrogens is 405 g/mol. The van der Waals surface area contributed by atoms with Crippen molar-refractivity contribution in [1.82, 2.24) is 5.32 Å². The molecule has 3 aromatic rings. The van der Waals surface area contributed by atoms with Gasteiger partial charge in [0.05, 0.1) is 25.4 Å². The normalized spacial score (nSPS) is 18.1. The van der Waals surface area contributed by atoms with Crippen LogP contribution in [-0.2, 0) is 4.79 Å². The second-order valence-electron chi connectivity index (χ2n) is 7.64. The monoisotopic (exact) mass is 427 g/mol. The predicted molar refractivity (Wildman–Crippen MR) is 122 cm³/mol. The minimum absolute atomic E-state index is 0.134. The Hall–Kier alpha value is -3.93. The molecule has 5 rings (SSSR count). The summed E-state index contributed by atoms with van der Waals surface area (Å²) in [6.07, 6.45) is 0. The molecule has 5 nitrogen and oxygen atoms in total. The maximum atomic E-state index is 13.8. The van der Waals surface area contributed by atoms with Gasteiger partial charge in [-0.2, -0.15) is 0 Å². The minimum atomic E-state index is -0.448. The number of hydrogen-bond donors (Lipinski definition) is 1. The Kier molecular flexibility index (Phi) is 5.19. The first-order valence-corrected chi connectivity index (χ1v) is 10.5. The van der Waals surface area contributed by atoms with Crippen LogP contribution in [-0.4, -0.2) is 31.8 Å². The Balaban J connectivity index is 1.70. The smallest absolute Gasteiger partial charge is 0.275 e. The number of hydrogen-bond acceptors (Lipinski definition) is 4. The molecule has 1 N–H and O–H groups in total. The zero-order valence-electron chi connectivity index (χ0n) is 17.6. The predicted octanol–water partition coefficient (Wildman–Crippen LogP) is 4.27. The number of amides is 1. The first-order valence-electron chi connectivity index (χ1n) is 10.5. The Bertz CT molecular complexity index is 1200. The molecule has 2 aliphatic rings. The lowest BCUT2D eigenvalue weighted by molar-refractivity contribution is -0.115. The van der Waals surface area contributed by atoms with Crippen molar-refractivity contribution in [2.75, 3.05) is 25.1 Å². The van der Waals surface area contributed by atoms with Gasteiger partial charge in [0.25, 0.3) is 5.91 Å². The van der Waals surface area contributed by atoms with Crippen molar-refractivity contribution in [1.29, 1.82) is 0 Å². The van der Waals surface area contributed by atoms with Gasteiger partial charge in [-0.3, -0.25) is 14.7 Å². The van der Waals surface area contributed by atoms with Crippen molar-refractivity contribution in [2.45, 2.75) is 6.04 Å². The van der Waals surface area contributed by atoms with E-state index in [4.69, 9.17) is 9.73 Å². The Morgan fingerprint density at radius 2 is 1.72 bits per heavy atom. The van der Waals surface area contributed by atoms with E-state index in [9.17, 15) is 9.18 Å². The average molecular weight is 427 g/mol. The number of methoxy groups -OCH3 is 1. The topological polar surface area (TPSA) is 53.9 Å². The van der Waals surface area contributed by atoms with Crippen LogP contribution < -0.4 is 15.0 Å². The van der Waals surface area contributed by atoms with Crippen molar-refractivity contribution < 1.29 is 13.9 Å². The summed E-state index contributed by atoms with van der Waals surface area (Å²) in [4.78, 5) is 20.3. The third kappa shape index (κ3) is 3.43. The lowest BCUT2D eigenvalue weighted by Crippen LogP contribution is -2.33. The SMILES string of the molecule is COc1ccc(N2C(=O)C3=C(C(c4ccccc4)=NCCN3)C2c2ccc(F)cc2)cc1. The lowest BCUT2D eigenvalue weighted by Gasteiger charge is -2.28. The highest BCUT2D eigenvalue weighted by Gasteiger charge is 2.43. The summed E-state index contributed by atoms with van der Waals surface area (Å²) in [5.41, 5.74) is 4.61. The minimum Gasteiger partial charge on any atom is -0.497 e. The zero-order valence-corrected chi connectivity index (χ0v) is 17.6. The fourth-order valence-corrected chi connectivity index (χ4v) is 4.28. The number of nitrogens with one attached hydrogen (secondary N) is 1. The molecule has 2 heterocycles. The van der Waals surface area contributed by atoms with E-state index in [1.54, 1.807) is 24.1 Å². The molecular formula is C26H22FN3O2. The van der Waals surface area contributed by atoms with Gasteiger partial charge in [0.1, 0.15) is 17.3 Å². The molecule has 0 bridgehead atoms. The van der Waals surface area contributed by atoms with Crippen LogP contribution in [0.25, 0.3) is 0 Å². The van der Waals surface area contributed by atoms with E-state index in [1.807, 2.05) is 54.6 Å². The highest BCUT2D eigenvalue weighted by atomic mass is 19.1. The number of halogens is 1. The van der Waals surface area contributed by atoms with Gasteiger partial charge in [-0.25, -0.2) is 4.39 Å². The van der Waals surface area contributed by atoms with Gasteiger partial charge in [0.15, 0.2) is 0 Å². The molecule has 2 aliphatic heterocycles. The molecule has 160 valence electrons. The van der Waals surface area contributed by atoms with Crippen LogP contribution in [0.5, 0.6) is 5.75 Å². The van der Waals surface area contributed by atoms with Crippen LogP contribution in [0.15, 0.2) is 95.1 Å². The van der Waals surface area contributed by atoms with Gasteiger partial charge in [-0.05, 0) is 42.0 Å². The average Bonchev–Trinajstić information content (AvgIpc) is 2.98. The van der Waals surface area contributed by atoms with Crippen molar-refractivity contribution in [3.63, 3.8) is 0 Å². The summed E-state index contributed by atoms with van der Waals surface area (Å²) in [6, 6.07) is 23.1. The molecule has 0 saturated heterocycles. The van der Waals surface area contributed by atoms with E-state index >= 15 is 0 Å². The van der Waals surface area contributed by atoms with Gasteiger partial charge in [0.2, 0.25) is 0 Å². The summed E-state index contributed by atoms with van der Waals surface area (Å²) >= 11 is 0. The van der Waals surface area contributed by atoms with Crippen LogP contribution in [0, 0.1) is 5.82 Å². The summed E-state index contributed by atoms with van der Waals surface area (Å²) in [7, 11) is 1.60. The third-order valence-corrected chi connectivity index (χ3v) is 5.76. The van der Waals surface area contributed by atoms with E-state index in [2.05, 4.69) is 5.32 Å². The number of aliphatic imine (C=N–C) groups is 1. The molecule has 0 aliphatic carbocycles. The number of rotatable bonds is 4. The van der Waals surface area contributed by atoms with Gasteiger partial charge in [-0.1, -0.05) is 42.5 Å². The Morgan fingerprint density at radius 1 is 1.00 bits per heavy atom. The van der Waals surface area contributed by atoms with Crippen LogP contribution in [0.1, 0.15) is 17.2 Å². The molecule has 1 unspecified atom stereocenters. The molecule has 0 aromatic heterocycles. The number of carbonyl (C=O) groups is 1. The quantitative estimate of drug-likeness (QED) is 0.677. The fourth-order valence-electron chi connectivity index (χ4n) is 4.28. The number of anilines is 1. The van der Waals surface area contributed by atoms with Gasteiger partial charge >= 0.3 is 0 Å². The molecule has 32 heavy (non-hydrogen) atoms. The molecule has 6 heteroatoms. The standard InChI is InChI=1S/C26H22FN3O2/c1-32-21-13-11-20(12-14-21)30-25(18-7-9-19(27)10-8-18)22-23(17-5-3-2-4-6-17)28-15-16-29-24(22)26(30)31/h2-14,25,29H,15-16H2,1H3. The number of ether oxygens (including phenoxy) is 1. The summed E-state index contributed by atoms with van der Waals surface area (Å²) < 4.78 is 19.0. The maximum absolute atomic E-state index is 13.8. The second-order valence-corrected chi connectivity index (χ2v) is 7.64. The van der Waals surface area contributed by atoms with Gasteiger partial charge in [0, 0.05) is 23.4 Å².